The highest BCUT2D eigenvalue weighted by molar-refractivity contribution is 4.74. The molecule has 86 valence electrons. The van der Waals surface area contributed by atoms with Crippen LogP contribution in [-0.2, 0) is 0 Å². The van der Waals surface area contributed by atoms with E-state index in [9.17, 15) is 0 Å². The number of nitrogens with zero attached hydrogens (tertiary/aromatic N) is 1. The molecule has 0 aromatic heterocycles. The van der Waals surface area contributed by atoms with Gasteiger partial charge in [0.2, 0.25) is 0 Å². The van der Waals surface area contributed by atoms with Crippen molar-refractivity contribution >= 4 is 0 Å². The first-order valence-corrected chi connectivity index (χ1v) is 5.83. The molecule has 0 spiro atoms. The molecule has 0 saturated carbocycles. The highest BCUT2D eigenvalue weighted by atomic mass is 15.1. The molecule has 0 rings (SSSR count). The molecule has 0 atom stereocenters. The molecule has 0 fully saturated rings. The maximum atomic E-state index is 5.72. The van der Waals surface area contributed by atoms with Gasteiger partial charge in [0.1, 0.15) is 0 Å². The van der Waals surface area contributed by atoms with E-state index in [1.165, 1.54) is 19.4 Å². The minimum Gasteiger partial charge on any atom is -0.330 e. The molecular formula is C12H28N2. The van der Waals surface area contributed by atoms with Gasteiger partial charge in [-0.15, -0.1) is 0 Å². The van der Waals surface area contributed by atoms with Crippen LogP contribution in [0.5, 0.6) is 0 Å². The molecular weight excluding hydrogens is 172 g/mol. The van der Waals surface area contributed by atoms with Crippen molar-refractivity contribution in [1.82, 2.24) is 4.90 Å². The Bertz CT molecular complexity index is 139. The normalized spacial score (nSPS) is 12.9. The average Bonchev–Trinajstić information content (AvgIpc) is 2.13. The van der Waals surface area contributed by atoms with Gasteiger partial charge in [0, 0.05) is 13.1 Å². The summed E-state index contributed by atoms with van der Waals surface area (Å²) in [6.45, 7) is 12.1. The monoisotopic (exact) mass is 200 g/mol. The van der Waals surface area contributed by atoms with E-state index in [0.29, 0.717) is 0 Å². The largest absolute Gasteiger partial charge is 0.330 e. The third-order valence-corrected chi connectivity index (χ3v) is 2.98. The lowest BCUT2D eigenvalue weighted by atomic mass is 9.92. The molecule has 2 N–H and O–H groups in total. The van der Waals surface area contributed by atoms with Crippen molar-refractivity contribution in [3.05, 3.63) is 0 Å². The van der Waals surface area contributed by atoms with Crippen LogP contribution in [0.4, 0.5) is 0 Å². The van der Waals surface area contributed by atoms with Gasteiger partial charge >= 0.3 is 0 Å². The van der Waals surface area contributed by atoms with E-state index in [1.807, 2.05) is 0 Å². The fourth-order valence-corrected chi connectivity index (χ4v) is 1.85. The zero-order chi connectivity index (χ0) is 11.2. The van der Waals surface area contributed by atoms with Crippen LogP contribution in [0.3, 0.4) is 0 Å². The van der Waals surface area contributed by atoms with Crippen LogP contribution < -0.4 is 5.73 Å². The molecule has 0 bridgehead atoms. The Morgan fingerprint density at radius 3 is 2.07 bits per heavy atom. The standard InChI is InChI=1S/C12H28N2/c1-6-11(7-2)8-14(5)10-12(3,4)9-13/h11H,6-10,13H2,1-5H3. The average molecular weight is 200 g/mol. The highest BCUT2D eigenvalue weighted by Crippen LogP contribution is 2.16. The lowest BCUT2D eigenvalue weighted by Gasteiger charge is -2.31. The predicted octanol–water partition coefficient (Wildman–Crippen LogP) is 2.34. The van der Waals surface area contributed by atoms with Crippen molar-refractivity contribution in [3.63, 3.8) is 0 Å². The Hall–Kier alpha value is -0.0800. The van der Waals surface area contributed by atoms with E-state index in [-0.39, 0.29) is 5.41 Å². The SMILES string of the molecule is CCC(CC)CN(C)CC(C)(C)CN. The van der Waals surface area contributed by atoms with Gasteiger partial charge in [0.05, 0.1) is 0 Å². The van der Waals surface area contributed by atoms with Crippen LogP contribution in [0.15, 0.2) is 0 Å². The summed E-state index contributed by atoms with van der Waals surface area (Å²) in [4.78, 5) is 2.42. The zero-order valence-electron chi connectivity index (χ0n) is 10.6. The first-order chi connectivity index (χ1) is 6.45. The van der Waals surface area contributed by atoms with Crippen molar-refractivity contribution < 1.29 is 0 Å². The van der Waals surface area contributed by atoms with Crippen molar-refractivity contribution in [2.24, 2.45) is 17.1 Å². The fraction of sp³-hybridized carbons (Fsp3) is 1.00. The van der Waals surface area contributed by atoms with E-state index in [0.717, 1.165) is 19.0 Å². The maximum absolute atomic E-state index is 5.72. The van der Waals surface area contributed by atoms with Gasteiger partial charge in [0.25, 0.3) is 0 Å². The van der Waals surface area contributed by atoms with Gasteiger partial charge in [-0.2, -0.15) is 0 Å². The van der Waals surface area contributed by atoms with Gasteiger partial charge in [-0.05, 0) is 24.9 Å². The molecule has 0 amide bonds. The van der Waals surface area contributed by atoms with Crippen LogP contribution in [0.1, 0.15) is 40.5 Å². The van der Waals surface area contributed by atoms with E-state index in [4.69, 9.17) is 5.73 Å². The topological polar surface area (TPSA) is 29.3 Å². The van der Waals surface area contributed by atoms with Gasteiger partial charge in [0.15, 0.2) is 0 Å². The maximum Gasteiger partial charge on any atom is 0.00418 e. The number of hydrogen-bond donors (Lipinski definition) is 1. The second-order valence-corrected chi connectivity index (χ2v) is 5.25. The molecule has 2 nitrogen and oxygen atoms in total. The molecule has 0 aliphatic rings. The zero-order valence-corrected chi connectivity index (χ0v) is 10.6. The first kappa shape index (κ1) is 13.9. The van der Waals surface area contributed by atoms with Crippen molar-refractivity contribution in [1.29, 1.82) is 0 Å². The summed E-state index contributed by atoms with van der Waals surface area (Å²) in [5.74, 6) is 0.841. The van der Waals surface area contributed by atoms with E-state index < -0.39 is 0 Å². The molecule has 0 aromatic carbocycles. The second-order valence-electron chi connectivity index (χ2n) is 5.25. The highest BCUT2D eigenvalue weighted by Gasteiger charge is 2.19. The Kier molecular flexibility index (Phi) is 6.38. The molecule has 0 radical (unpaired) electrons. The Morgan fingerprint density at radius 1 is 1.21 bits per heavy atom. The lowest BCUT2D eigenvalue weighted by Crippen LogP contribution is -2.38. The van der Waals surface area contributed by atoms with Crippen LogP contribution in [0, 0.1) is 11.3 Å². The summed E-state index contributed by atoms with van der Waals surface area (Å²) in [5.41, 5.74) is 5.97. The molecule has 0 unspecified atom stereocenters. The quantitative estimate of drug-likeness (QED) is 0.683. The number of nitrogens with two attached hydrogens (primary N) is 1. The second kappa shape index (κ2) is 6.41. The van der Waals surface area contributed by atoms with Gasteiger partial charge in [-0.1, -0.05) is 40.5 Å². The molecule has 0 heterocycles. The third-order valence-electron chi connectivity index (χ3n) is 2.98. The minimum absolute atomic E-state index is 0.251. The minimum atomic E-state index is 0.251. The third kappa shape index (κ3) is 5.61. The van der Waals surface area contributed by atoms with Gasteiger partial charge in [-0.3, -0.25) is 0 Å². The fourth-order valence-electron chi connectivity index (χ4n) is 1.85. The molecule has 14 heavy (non-hydrogen) atoms. The van der Waals surface area contributed by atoms with Gasteiger partial charge < -0.3 is 10.6 Å². The smallest absolute Gasteiger partial charge is 0.00418 e. The first-order valence-electron chi connectivity index (χ1n) is 5.83. The van der Waals surface area contributed by atoms with Crippen molar-refractivity contribution in [2.45, 2.75) is 40.5 Å². The van der Waals surface area contributed by atoms with E-state index in [2.05, 4.69) is 39.6 Å². The number of hydrogen-bond acceptors (Lipinski definition) is 2. The summed E-state index contributed by atoms with van der Waals surface area (Å²) >= 11 is 0. The van der Waals surface area contributed by atoms with Crippen LogP contribution in [0.25, 0.3) is 0 Å². The summed E-state index contributed by atoms with van der Waals surface area (Å²) in [7, 11) is 2.20. The van der Waals surface area contributed by atoms with Crippen molar-refractivity contribution in [3.8, 4) is 0 Å². The Morgan fingerprint density at radius 2 is 1.71 bits per heavy atom. The van der Waals surface area contributed by atoms with Gasteiger partial charge in [-0.25, -0.2) is 0 Å². The van der Waals surface area contributed by atoms with E-state index in [1.54, 1.807) is 0 Å². The Labute approximate surface area is 89.9 Å². The van der Waals surface area contributed by atoms with Crippen LogP contribution >= 0.6 is 0 Å². The number of rotatable bonds is 7. The molecule has 0 aliphatic heterocycles. The molecule has 0 aliphatic carbocycles. The molecule has 0 saturated heterocycles. The summed E-state index contributed by atoms with van der Waals surface area (Å²) < 4.78 is 0. The Balaban J connectivity index is 3.90. The van der Waals surface area contributed by atoms with Crippen molar-refractivity contribution in [2.75, 3.05) is 26.7 Å². The molecule has 2 heteroatoms. The van der Waals surface area contributed by atoms with Crippen LogP contribution in [0.2, 0.25) is 0 Å². The molecule has 0 aromatic rings. The summed E-state index contributed by atoms with van der Waals surface area (Å²) in [6.07, 6.45) is 2.56. The summed E-state index contributed by atoms with van der Waals surface area (Å²) in [5, 5.41) is 0. The van der Waals surface area contributed by atoms with Crippen LogP contribution in [-0.4, -0.2) is 31.6 Å². The summed E-state index contributed by atoms with van der Waals surface area (Å²) in [6, 6.07) is 0. The lowest BCUT2D eigenvalue weighted by molar-refractivity contribution is 0.187. The predicted molar refractivity (Wildman–Crippen MR) is 64.4 cm³/mol. The van der Waals surface area contributed by atoms with E-state index >= 15 is 0 Å².